The van der Waals surface area contributed by atoms with E-state index in [4.69, 9.17) is 13.6 Å². The summed E-state index contributed by atoms with van der Waals surface area (Å²) in [6.07, 6.45) is 3.00. The Hall–Kier alpha value is -5.28. The lowest BCUT2D eigenvalue weighted by Gasteiger charge is -2.05. The van der Waals surface area contributed by atoms with Crippen molar-refractivity contribution in [1.82, 2.24) is 30.4 Å². The zero-order valence-electron chi connectivity index (χ0n) is 22.9. The molecule has 6 aromatic rings. The molecule has 0 radical (unpaired) electrons. The number of ether oxygens (including phenoxy) is 1. The average molecular weight is 631 g/mol. The van der Waals surface area contributed by atoms with Gasteiger partial charge in [-0.25, -0.2) is 16.8 Å². The SMILES string of the molecule is COc1cccc(-c2nnc(S(=O)(=O)Cc3cc(-c4ccc(-c5nnc(S(=O)(=O)Cc6ccccn6)o5)cc4)ccn3)o2)c1. The molecule has 0 amide bonds. The molecule has 0 saturated carbocycles. The first-order valence-corrected chi connectivity index (χ1v) is 16.2. The van der Waals surface area contributed by atoms with Gasteiger partial charge in [0.05, 0.1) is 18.5 Å². The molecule has 0 spiro atoms. The maximum atomic E-state index is 13.1. The van der Waals surface area contributed by atoms with Gasteiger partial charge in [-0.05, 0) is 65.7 Å². The maximum Gasteiger partial charge on any atom is 0.336 e. The number of benzene rings is 2. The predicted octanol–water partition coefficient (Wildman–Crippen LogP) is 4.20. The number of hydrogen-bond donors (Lipinski definition) is 0. The second-order valence-corrected chi connectivity index (χ2v) is 13.2. The van der Waals surface area contributed by atoms with Gasteiger partial charge < -0.3 is 13.6 Å². The Kier molecular flexibility index (Phi) is 7.71. The zero-order valence-corrected chi connectivity index (χ0v) is 24.6. The van der Waals surface area contributed by atoms with Crippen molar-refractivity contribution in [1.29, 1.82) is 0 Å². The number of rotatable bonds is 10. The Bertz CT molecular complexity index is 2150. The van der Waals surface area contributed by atoms with Crippen molar-refractivity contribution < 1.29 is 30.4 Å². The zero-order chi connectivity index (χ0) is 30.7. The second kappa shape index (κ2) is 11.8. The van der Waals surface area contributed by atoms with Crippen molar-refractivity contribution in [3.63, 3.8) is 0 Å². The molecule has 13 nitrogen and oxygen atoms in total. The third kappa shape index (κ3) is 6.23. The van der Waals surface area contributed by atoms with Crippen molar-refractivity contribution >= 4 is 19.7 Å². The Morgan fingerprint density at radius 2 is 1.23 bits per heavy atom. The highest BCUT2D eigenvalue weighted by molar-refractivity contribution is 7.90. The molecule has 0 unspecified atom stereocenters. The smallest absolute Gasteiger partial charge is 0.336 e. The number of nitrogens with zero attached hydrogens (tertiary/aromatic N) is 6. The summed E-state index contributed by atoms with van der Waals surface area (Å²) in [6.45, 7) is 0. The predicted molar refractivity (Wildman–Crippen MR) is 155 cm³/mol. The van der Waals surface area contributed by atoms with E-state index >= 15 is 0 Å². The fraction of sp³-hybridized carbons (Fsp3) is 0.103. The molecule has 6 rings (SSSR count). The van der Waals surface area contributed by atoms with Crippen molar-refractivity contribution in [3.05, 3.63) is 103 Å². The Balaban J connectivity index is 1.17. The van der Waals surface area contributed by atoms with Gasteiger partial charge in [0.1, 0.15) is 17.3 Å². The largest absolute Gasteiger partial charge is 0.497 e. The van der Waals surface area contributed by atoms with Crippen LogP contribution in [-0.4, -0.2) is 54.3 Å². The van der Waals surface area contributed by atoms with Crippen LogP contribution in [0.3, 0.4) is 0 Å². The first-order chi connectivity index (χ1) is 21.2. The number of sulfone groups is 2. The van der Waals surface area contributed by atoms with Crippen LogP contribution in [0.25, 0.3) is 34.0 Å². The molecule has 0 aliphatic rings. The number of hydrogen-bond acceptors (Lipinski definition) is 13. The second-order valence-electron chi connectivity index (χ2n) is 9.43. The van der Waals surface area contributed by atoms with Gasteiger partial charge in [-0.15, -0.1) is 10.2 Å². The van der Waals surface area contributed by atoms with Crippen molar-refractivity contribution in [2.75, 3.05) is 7.11 Å². The highest BCUT2D eigenvalue weighted by Gasteiger charge is 2.26. The summed E-state index contributed by atoms with van der Waals surface area (Å²) in [6, 6.07) is 22.1. The molecule has 15 heteroatoms. The summed E-state index contributed by atoms with van der Waals surface area (Å²) in [7, 11) is -6.37. The van der Waals surface area contributed by atoms with Gasteiger partial charge in [0.25, 0.3) is 0 Å². The van der Waals surface area contributed by atoms with Gasteiger partial charge in [0.2, 0.25) is 31.5 Å². The number of pyridine rings is 2. The van der Waals surface area contributed by atoms with E-state index < -0.39 is 35.9 Å². The Morgan fingerprint density at radius 1 is 0.591 bits per heavy atom. The van der Waals surface area contributed by atoms with Gasteiger partial charge in [0, 0.05) is 23.5 Å². The molecule has 0 aliphatic carbocycles. The molecule has 44 heavy (non-hydrogen) atoms. The molecule has 0 aliphatic heterocycles. The molecule has 222 valence electrons. The summed E-state index contributed by atoms with van der Waals surface area (Å²) in [5.74, 6) is -0.194. The standard InChI is InChI=1S/C29H22N6O7S2/c1-40-25-7-4-5-22(16-25)27-33-35-29(42-27)44(38,39)18-24-15-21(12-14-31-24)19-8-10-20(11-9-19)26-32-34-28(41-26)43(36,37)17-23-6-2-3-13-30-23/h2-16H,17-18H2,1H3. The van der Waals surface area contributed by atoms with Gasteiger partial charge in [0.15, 0.2) is 0 Å². The Morgan fingerprint density at radius 3 is 1.89 bits per heavy atom. The lowest BCUT2D eigenvalue weighted by atomic mass is 10.0. The van der Waals surface area contributed by atoms with E-state index in [1.165, 1.54) is 19.5 Å². The highest BCUT2D eigenvalue weighted by atomic mass is 32.2. The van der Waals surface area contributed by atoms with Crippen molar-refractivity contribution in [2.45, 2.75) is 22.0 Å². The van der Waals surface area contributed by atoms with E-state index in [9.17, 15) is 16.8 Å². The van der Waals surface area contributed by atoms with Crippen molar-refractivity contribution in [3.8, 4) is 39.8 Å². The first-order valence-electron chi connectivity index (χ1n) is 12.9. The minimum atomic E-state index is -4.00. The van der Waals surface area contributed by atoms with E-state index in [1.54, 1.807) is 78.9 Å². The molecular formula is C29H22N6O7S2. The van der Waals surface area contributed by atoms with E-state index in [-0.39, 0.29) is 23.2 Å². The molecule has 4 aromatic heterocycles. The molecule has 0 bridgehead atoms. The van der Waals surface area contributed by atoms with Gasteiger partial charge in [-0.2, -0.15) is 0 Å². The minimum absolute atomic E-state index is 0.0329. The number of methoxy groups -OCH3 is 1. The molecule has 4 heterocycles. The topological polar surface area (TPSA) is 181 Å². The van der Waals surface area contributed by atoms with E-state index in [2.05, 4.69) is 30.4 Å². The molecule has 0 atom stereocenters. The summed E-state index contributed by atoms with van der Waals surface area (Å²) in [5.41, 5.74) is 3.09. The van der Waals surface area contributed by atoms with Crippen LogP contribution < -0.4 is 4.74 Å². The highest BCUT2D eigenvalue weighted by Crippen LogP contribution is 2.28. The summed E-state index contributed by atoms with van der Waals surface area (Å²) >= 11 is 0. The van der Waals surface area contributed by atoms with E-state index in [0.29, 0.717) is 28.1 Å². The Labute approximate surface area is 251 Å². The molecule has 0 fully saturated rings. The van der Waals surface area contributed by atoms with Crippen LogP contribution in [0.5, 0.6) is 5.75 Å². The van der Waals surface area contributed by atoms with Gasteiger partial charge in [-0.3, -0.25) is 9.97 Å². The van der Waals surface area contributed by atoms with Gasteiger partial charge in [-0.1, -0.05) is 34.5 Å². The quantitative estimate of drug-likeness (QED) is 0.210. The molecule has 0 saturated heterocycles. The third-order valence-corrected chi connectivity index (χ3v) is 9.09. The van der Waals surface area contributed by atoms with Crippen LogP contribution in [0.15, 0.2) is 111 Å². The molecule has 0 N–H and O–H groups in total. The van der Waals surface area contributed by atoms with E-state index in [1.807, 2.05) is 0 Å². The summed E-state index contributed by atoms with van der Waals surface area (Å²) in [4.78, 5) is 8.23. The minimum Gasteiger partial charge on any atom is -0.497 e. The van der Waals surface area contributed by atoms with Crippen LogP contribution in [0.4, 0.5) is 0 Å². The third-order valence-electron chi connectivity index (χ3n) is 6.35. The lowest BCUT2D eigenvalue weighted by Crippen LogP contribution is -2.07. The molecular weight excluding hydrogens is 608 g/mol. The van der Waals surface area contributed by atoms with E-state index in [0.717, 1.165) is 5.56 Å². The maximum absolute atomic E-state index is 13.1. The van der Waals surface area contributed by atoms with Crippen LogP contribution in [-0.2, 0) is 31.2 Å². The monoisotopic (exact) mass is 630 g/mol. The van der Waals surface area contributed by atoms with Gasteiger partial charge >= 0.3 is 10.4 Å². The fourth-order valence-corrected chi connectivity index (χ4v) is 6.30. The van der Waals surface area contributed by atoms with Crippen LogP contribution >= 0.6 is 0 Å². The lowest BCUT2D eigenvalue weighted by molar-refractivity contribution is 0.414. The van der Waals surface area contributed by atoms with Crippen LogP contribution in [0.1, 0.15) is 11.4 Å². The molecule has 2 aromatic carbocycles. The normalized spacial score (nSPS) is 11.8. The summed E-state index contributed by atoms with van der Waals surface area (Å²) < 4.78 is 67.6. The van der Waals surface area contributed by atoms with Crippen LogP contribution in [0, 0.1) is 0 Å². The summed E-state index contributed by atoms with van der Waals surface area (Å²) in [5, 5.41) is 14.2. The first kappa shape index (κ1) is 28.8. The van der Waals surface area contributed by atoms with Crippen molar-refractivity contribution in [2.24, 2.45) is 0 Å². The fourth-order valence-electron chi connectivity index (χ4n) is 4.20. The average Bonchev–Trinajstić information content (AvgIpc) is 3.74. The van der Waals surface area contributed by atoms with Crippen LogP contribution in [0.2, 0.25) is 0 Å². The number of aromatic nitrogens is 6.